The van der Waals surface area contributed by atoms with E-state index in [0.29, 0.717) is 0 Å². The molecular weight excluding hydrogens is 146 g/mol. The maximum absolute atomic E-state index is 2.37. The first-order valence-electron chi connectivity index (χ1n) is 5.41. The van der Waals surface area contributed by atoms with E-state index in [2.05, 4.69) is 27.9 Å². The van der Waals surface area contributed by atoms with Gasteiger partial charge >= 0.3 is 0 Å². The second-order valence-corrected chi connectivity index (χ2v) is 5.02. The van der Waals surface area contributed by atoms with Gasteiger partial charge in [0, 0.05) is 11.8 Å². The molecule has 2 atom stereocenters. The van der Waals surface area contributed by atoms with Gasteiger partial charge in [-0.15, -0.1) is 0 Å². The Kier molecular flexibility index (Phi) is 3.16. The smallest absolute Gasteiger partial charge is 0.0816 e. The first kappa shape index (κ1) is 10.0. The minimum Gasteiger partial charge on any atom is -0.328 e. The number of hydrogen-bond acceptors (Lipinski definition) is 0. The van der Waals surface area contributed by atoms with E-state index >= 15 is 0 Å². The molecule has 1 heterocycles. The van der Waals surface area contributed by atoms with Crippen molar-refractivity contribution in [3.63, 3.8) is 0 Å². The van der Waals surface area contributed by atoms with E-state index < -0.39 is 0 Å². The van der Waals surface area contributed by atoms with Crippen LogP contribution in [0.2, 0.25) is 0 Å². The van der Waals surface area contributed by atoms with Crippen LogP contribution in [0.4, 0.5) is 0 Å². The molecule has 0 aliphatic carbocycles. The molecule has 1 aliphatic rings. The lowest BCUT2D eigenvalue weighted by Crippen LogP contribution is -2.36. The highest BCUT2D eigenvalue weighted by Crippen LogP contribution is 2.32. The molecule has 0 bridgehead atoms. The molecule has 0 saturated carbocycles. The predicted octanol–water partition coefficient (Wildman–Crippen LogP) is 2.52. The van der Waals surface area contributed by atoms with Crippen molar-refractivity contribution in [3.8, 4) is 0 Å². The molecule has 1 rings (SSSR count). The Labute approximate surface area is 77.4 Å². The predicted molar refractivity (Wildman–Crippen MR) is 54.0 cm³/mol. The van der Waals surface area contributed by atoms with E-state index in [-0.39, 0.29) is 0 Å². The topological polar surface area (TPSA) is 0 Å². The van der Waals surface area contributed by atoms with Gasteiger partial charge in [-0.3, -0.25) is 0 Å². The summed E-state index contributed by atoms with van der Waals surface area (Å²) in [5.74, 6) is 2.01. The van der Waals surface area contributed by atoms with Crippen molar-refractivity contribution in [1.82, 2.24) is 0 Å². The van der Waals surface area contributed by atoms with E-state index in [1.807, 2.05) is 0 Å². The largest absolute Gasteiger partial charge is 0.328 e. The van der Waals surface area contributed by atoms with Gasteiger partial charge in [-0.25, -0.2) is 0 Å². The first-order chi connectivity index (χ1) is 5.59. The van der Waals surface area contributed by atoms with Crippen molar-refractivity contribution in [1.29, 1.82) is 0 Å². The van der Waals surface area contributed by atoms with Crippen LogP contribution in [0.1, 0.15) is 33.1 Å². The normalized spacial score (nSPS) is 34.0. The number of rotatable bonds is 3. The second-order valence-electron chi connectivity index (χ2n) is 5.02. The molecule has 0 aromatic rings. The molecule has 1 aliphatic heterocycles. The Hall–Kier alpha value is -0.0400. The van der Waals surface area contributed by atoms with Gasteiger partial charge in [0.05, 0.1) is 27.2 Å². The van der Waals surface area contributed by atoms with Crippen LogP contribution < -0.4 is 0 Å². The molecule has 0 radical (unpaired) electrons. The van der Waals surface area contributed by atoms with Crippen molar-refractivity contribution in [2.45, 2.75) is 33.1 Å². The van der Waals surface area contributed by atoms with Crippen LogP contribution >= 0.6 is 0 Å². The monoisotopic (exact) mass is 170 g/mol. The van der Waals surface area contributed by atoms with Crippen LogP contribution in [0.5, 0.6) is 0 Å². The zero-order valence-electron chi connectivity index (χ0n) is 9.14. The SMILES string of the molecule is CCCC1C[N+](C)(C)CC1CC. The summed E-state index contributed by atoms with van der Waals surface area (Å²) >= 11 is 0. The van der Waals surface area contributed by atoms with Crippen LogP contribution in [0.25, 0.3) is 0 Å². The first-order valence-corrected chi connectivity index (χ1v) is 5.41. The maximum atomic E-state index is 2.37. The van der Waals surface area contributed by atoms with Crippen molar-refractivity contribution in [3.05, 3.63) is 0 Å². The standard InChI is InChI=1S/C11H24N/c1-5-7-11-9-12(3,4)8-10(11)6-2/h10-11H,5-9H2,1-4H3/q+1. The quantitative estimate of drug-likeness (QED) is 0.571. The molecule has 1 heteroatoms. The maximum Gasteiger partial charge on any atom is 0.0816 e. The second kappa shape index (κ2) is 3.78. The fourth-order valence-electron chi connectivity index (χ4n) is 2.80. The van der Waals surface area contributed by atoms with E-state index in [4.69, 9.17) is 0 Å². The molecule has 0 aromatic carbocycles. The van der Waals surface area contributed by atoms with Gasteiger partial charge < -0.3 is 4.48 Å². The average Bonchev–Trinajstić information content (AvgIpc) is 2.26. The number of hydrogen-bond donors (Lipinski definition) is 0. The van der Waals surface area contributed by atoms with Gasteiger partial charge in [-0.1, -0.05) is 20.3 Å². The molecule has 0 N–H and O–H groups in total. The van der Waals surface area contributed by atoms with Crippen LogP contribution in [0.15, 0.2) is 0 Å². The Bertz CT molecular complexity index is 140. The highest BCUT2D eigenvalue weighted by molar-refractivity contribution is 4.74. The van der Waals surface area contributed by atoms with E-state index in [1.54, 1.807) is 0 Å². The third kappa shape index (κ3) is 2.22. The van der Waals surface area contributed by atoms with Crippen molar-refractivity contribution in [2.75, 3.05) is 27.2 Å². The van der Waals surface area contributed by atoms with Crippen LogP contribution in [-0.2, 0) is 0 Å². The molecule has 2 unspecified atom stereocenters. The summed E-state index contributed by atoms with van der Waals surface area (Å²) in [6.45, 7) is 7.47. The Morgan fingerprint density at radius 3 is 2.17 bits per heavy atom. The van der Waals surface area contributed by atoms with Gasteiger partial charge in [0.2, 0.25) is 0 Å². The van der Waals surface area contributed by atoms with Gasteiger partial charge in [0.25, 0.3) is 0 Å². The van der Waals surface area contributed by atoms with Crippen LogP contribution in [-0.4, -0.2) is 31.7 Å². The third-order valence-corrected chi connectivity index (χ3v) is 3.31. The highest BCUT2D eigenvalue weighted by atomic mass is 15.3. The molecule has 1 saturated heterocycles. The summed E-state index contributed by atoms with van der Waals surface area (Å²) in [6, 6.07) is 0. The minimum atomic E-state index is 1.000. The summed E-state index contributed by atoms with van der Waals surface area (Å²) in [6.07, 6.45) is 4.19. The fraction of sp³-hybridized carbons (Fsp3) is 1.00. The fourth-order valence-corrected chi connectivity index (χ4v) is 2.80. The van der Waals surface area contributed by atoms with Gasteiger partial charge in [-0.2, -0.15) is 0 Å². The molecule has 1 nitrogen and oxygen atoms in total. The summed E-state index contributed by atoms with van der Waals surface area (Å²) in [5, 5.41) is 0. The summed E-state index contributed by atoms with van der Waals surface area (Å²) < 4.78 is 1.25. The van der Waals surface area contributed by atoms with E-state index in [9.17, 15) is 0 Å². The van der Waals surface area contributed by atoms with Crippen LogP contribution in [0.3, 0.4) is 0 Å². The molecule has 0 amide bonds. The Balaban J connectivity index is 2.50. The molecule has 1 fully saturated rings. The highest BCUT2D eigenvalue weighted by Gasteiger charge is 2.37. The Morgan fingerprint density at radius 2 is 1.67 bits per heavy atom. The van der Waals surface area contributed by atoms with Gasteiger partial charge in [0.1, 0.15) is 0 Å². The summed E-state index contributed by atoms with van der Waals surface area (Å²) in [7, 11) is 4.75. The summed E-state index contributed by atoms with van der Waals surface area (Å²) in [4.78, 5) is 0. The van der Waals surface area contributed by atoms with Crippen molar-refractivity contribution >= 4 is 0 Å². The zero-order valence-corrected chi connectivity index (χ0v) is 9.14. The third-order valence-electron chi connectivity index (χ3n) is 3.31. The lowest BCUT2D eigenvalue weighted by Gasteiger charge is -2.23. The molecule has 72 valence electrons. The lowest BCUT2D eigenvalue weighted by molar-refractivity contribution is -0.880. The number of likely N-dealkylation sites (tertiary alicyclic amines) is 1. The average molecular weight is 170 g/mol. The summed E-state index contributed by atoms with van der Waals surface area (Å²) in [5.41, 5.74) is 0. The molecule has 0 aromatic heterocycles. The van der Waals surface area contributed by atoms with Crippen molar-refractivity contribution in [2.24, 2.45) is 11.8 Å². The lowest BCUT2D eigenvalue weighted by atomic mass is 9.90. The molecule has 12 heavy (non-hydrogen) atoms. The number of quaternary nitrogens is 1. The molecular formula is C11H24N+. The zero-order chi connectivity index (χ0) is 9.19. The minimum absolute atomic E-state index is 1.000. The number of nitrogens with zero attached hydrogens (tertiary/aromatic N) is 1. The molecule has 0 spiro atoms. The van der Waals surface area contributed by atoms with Crippen LogP contribution in [0, 0.1) is 11.8 Å². The van der Waals surface area contributed by atoms with Crippen molar-refractivity contribution < 1.29 is 4.48 Å². The van der Waals surface area contributed by atoms with E-state index in [0.717, 1.165) is 11.8 Å². The van der Waals surface area contributed by atoms with Gasteiger partial charge in [-0.05, 0) is 12.8 Å². The van der Waals surface area contributed by atoms with E-state index in [1.165, 1.54) is 36.8 Å². The Morgan fingerprint density at radius 1 is 1.08 bits per heavy atom. The van der Waals surface area contributed by atoms with Gasteiger partial charge in [0.15, 0.2) is 0 Å².